The van der Waals surface area contributed by atoms with E-state index in [2.05, 4.69) is 15.5 Å². The highest BCUT2D eigenvalue weighted by atomic mass is 35.5. The number of nitrogens with zero attached hydrogens (tertiary/aromatic N) is 4. The Kier molecular flexibility index (Phi) is 3.46. The molecule has 0 saturated heterocycles. The van der Waals surface area contributed by atoms with Gasteiger partial charge in [-0.25, -0.2) is 0 Å². The minimum absolute atomic E-state index is 0.0869. The molecule has 1 N–H and O–H groups in total. The second kappa shape index (κ2) is 5.65. The van der Waals surface area contributed by atoms with Gasteiger partial charge in [-0.1, -0.05) is 35.9 Å². The van der Waals surface area contributed by atoms with Crippen molar-refractivity contribution in [1.29, 1.82) is 0 Å². The van der Waals surface area contributed by atoms with E-state index in [1.54, 1.807) is 7.05 Å². The van der Waals surface area contributed by atoms with Gasteiger partial charge < -0.3 is 5.32 Å². The van der Waals surface area contributed by atoms with Crippen molar-refractivity contribution in [2.75, 3.05) is 5.32 Å². The molecule has 2 aromatic carbocycles. The van der Waals surface area contributed by atoms with Gasteiger partial charge >= 0.3 is 0 Å². The molecule has 0 amide bonds. The summed E-state index contributed by atoms with van der Waals surface area (Å²) in [5.74, 6) is 1.21. The van der Waals surface area contributed by atoms with Gasteiger partial charge in [-0.05, 0) is 24.3 Å². The van der Waals surface area contributed by atoms with Gasteiger partial charge in [0.15, 0.2) is 5.82 Å². The highest BCUT2D eigenvalue weighted by Crippen LogP contribution is 2.21. The van der Waals surface area contributed by atoms with Gasteiger partial charge in [0.05, 0.1) is 28.2 Å². The van der Waals surface area contributed by atoms with Crippen LogP contribution in [0.5, 0.6) is 0 Å². The minimum atomic E-state index is -0.0869. The average molecular weight is 340 g/mol. The lowest BCUT2D eigenvalue weighted by Gasteiger charge is -2.09. The van der Waals surface area contributed by atoms with Crippen LogP contribution in [0.1, 0.15) is 5.82 Å². The van der Waals surface area contributed by atoms with Crippen molar-refractivity contribution >= 4 is 34.0 Å². The van der Waals surface area contributed by atoms with Gasteiger partial charge in [0.1, 0.15) is 0 Å². The van der Waals surface area contributed by atoms with E-state index >= 15 is 0 Å². The summed E-state index contributed by atoms with van der Waals surface area (Å²) in [7, 11) is 1.70. The van der Waals surface area contributed by atoms with Crippen molar-refractivity contribution < 1.29 is 0 Å². The molecular weight excluding hydrogens is 326 g/mol. The van der Waals surface area contributed by atoms with Crippen molar-refractivity contribution in [3.05, 3.63) is 69.7 Å². The van der Waals surface area contributed by atoms with Crippen LogP contribution >= 0.6 is 11.6 Å². The molecule has 0 aliphatic heterocycles. The first-order valence-electron chi connectivity index (χ1n) is 7.47. The molecule has 24 heavy (non-hydrogen) atoms. The Balaban J connectivity index is 1.85. The first kappa shape index (κ1) is 14.7. The van der Waals surface area contributed by atoms with E-state index in [0.717, 1.165) is 11.2 Å². The van der Waals surface area contributed by atoms with Crippen LogP contribution in [0.15, 0.2) is 53.3 Å². The van der Waals surface area contributed by atoms with Crippen molar-refractivity contribution in [1.82, 2.24) is 19.2 Å². The zero-order valence-corrected chi connectivity index (χ0v) is 13.7. The first-order chi connectivity index (χ1) is 11.7. The highest BCUT2D eigenvalue weighted by molar-refractivity contribution is 6.33. The zero-order chi connectivity index (χ0) is 16.7. The molecule has 6 nitrogen and oxygen atoms in total. The van der Waals surface area contributed by atoms with E-state index in [1.807, 2.05) is 52.9 Å². The molecule has 2 heterocycles. The number of aryl methyl sites for hydroxylation is 1. The summed E-state index contributed by atoms with van der Waals surface area (Å²) in [6.07, 6.45) is 0. The van der Waals surface area contributed by atoms with E-state index < -0.39 is 0 Å². The van der Waals surface area contributed by atoms with Crippen molar-refractivity contribution in [2.24, 2.45) is 7.05 Å². The molecule has 0 fully saturated rings. The van der Waals surface area contributed by atoms with E-state index in [4.69, 9.17) is 11.6 Å². The van der Waals surface area contributed by atoms with Crippen LogP contribution in [-0.2, 0) is 13.6 Å². The van der Waals surface area contributed by atoms with Gasteiger partial charge in [0.2, 0.25) is 5.78 Å². The van der Waals surface area contributed by atoms with Crippen LogP contribution in [0.4, 0.5) is 5.69 Å². The third kappa shape index (κ3) is 2.23. The Morgan fingerprint density at radius 3 is 2.67 bits per heavy atom. The summed E-state index contributed by atoms with van der Waals surface area (Å²) in [6, 6.07) is 15.0. The lowest BCUT2D eigenvalue weighted by molar-refractivity contribution is 0.855. The molecule has 2 aromatic heterocycles. The molecule has 7 heteroatoms. The van der Waals surface area contributed by atoms with E-state index in [-0.39, 0.29) is 5.56 Å². The Hall–Kier alpha value is -2.86. The predicted octanol–water partition coefficient (Wildman–Crippen LogP) is 2.85. The van der Waals surface area contributed by atoms with Crippen LogP contribution in [0, 0.1) is 0 Å². The molecular formula is C17H14ClN5O. The van der Waals surface area contributed by atoms with Gasteiger partial charge in [0, 0.05) is 7.05 Å². The quantitative estimate of drug-likeness (QED) is 0.623. The summed E-state index contributed by atoms with van der Waals surface area (Å²) in [5, 5.41) is 12.9. The SMILES string of the molecule is Cn1c(=O)c2ccccc2n2c(CNc3ccccc3Cl)nnc12. The summed E-state index contributed by atoms with van der Waals surface area (Å²) in [5.41, 5.74) is 1.53. The second-order valence-electron chi connectivity index (χ2n) is 5.47. The molecule has 0 unspecified atom stereocenters. The number of hydrogen-bond donors (Lipinski definition) is 1. The smallest absolute Gasteiger partial charge is 0.262 e. The maximum absolute atomic E-state index is 12.4. The van der Waals surface area contributed by atoms with Gasteiger partial charge in [-0.2, -0.15) is 0 Å². The summed E-state index contributed by atoms with van der Waals surface area (Å²) < 4.78 is 3.40. The Labute approximate surface area is 142 Å². The third-order valence-electron chi connectivity index (χ3n) is 4.00. The van der Waals surface area contributed by atoms with Crippen LogP contribution in [-0.4, -0.2) is 19.2 Å². The minimum Gasteiger partial charge on any atom is -0.377 e. The third-order valence-corrected chi connectivity index (χ3v) is 4.33. The normalized spacial score (nSPS) is 11.2. The molecule has 0 aliphatic rings. The number of hydrogen-bond acceptors (Lipinski definition) is 4. The van der Waals surface area contributed by atoms with Gasteiger partial charge in [-0.3, -0.25) is 13.8 Å². The maximum atomic E-state index is 12.4. The fourth-order valence-electron chi connectivity index (χ4n) is 2.79. The molecule has 0 atom stereocenters. The lowest BCUT2D eigenvalue weighted by atomic mass is 10.2. The Bertz CT molecular complexity index is 1120. The molecule has 120 valence electrons. The Morgan fingerprint density at radius 2 is 1.83 bits per heavy atom. The highest BCUT2D eigenvalue weighted by Gasteiger charge is 2.14. The largest absolute Gasteiger partial charge is 0.377 e. The van der Waals surface area contributed by atoms with Crippen LogP contribution < -0.4 is 10.9 Å². The molecule has 0 saturated carbocycles. The molecule has 4 rings (SSSR count). The fraction of sp³-hybridized carbons (Fsp3) is 0.118. The Morgan fingerprint density at radius 1 is 1.08 bits per heavy atom. The number of fused-ring (bicyclic) bond motifs is 3. The maximum Gasteiger partial charge on any atom is 0.262 e. The van der Waals surface area contributed by atoms with E-state index in [0.29, 0.717) is 28.6 Å². The van der Waals surface area contributed by atoms with Crippen LogP contribution in [0.2, 0.25) is 5.02 Å². The van der Waals surface area contributed by atoms with Crippen LogP contribution in [0.3, 0.4) is 0 Å². The predicted molar refractivity (Wildman–Crippen MR) is 94.5 cm³/mol. The standard InChI is InChI=1S/C17H14ClN5O/c1-22-16(24)11-6-2-5-9-14(11)23-15(20-21-17(22)23)10-19-13-8-4-3-7-12(13)18/h2-9,19H,10H2,1H3. The number of rotatable bonds is 3. The van der Waals surface area contributed by atoms with Crippen LogP contribution in [0.25, 0.3) is 16.7 Å². The van der Waals surface area contributed by atoms with Gasteiger partial charge in [-0.15, -0.1) is 10.2 Å². The second-order valence-corrected chi connectivity index (χ2v) is 5.87. The monoisotopic (exact) mass is 339 g/mol. The summed E-state index contributed by atoms with van der Waals surface area (Å²) in [4.78, 5) is 12.4. The van der Waals surface area contributed by atoms with E-state index in [9.17, 15) is 4.79 Å². The number of halogens is 1. The fourth-order valence-corrected chi connectivity index (χ4v) is 2.99. The number of nitrogens with one attached hydrogen (secondary N) is 1. The van der Waals surface area contributed by atoms with Crippen molar-refractivity contribution in [3.8, 4) is 0 Å². The topological polar surface area (TPSA) is 64.2 Å². The lowest BCUT2D eigenvalue weighted by Crippen LogP contribution is -2.20. The first-order valence-corrected chi connectivity index (χ1v) is 7.85. The average Bonchev–Trinajstić information content (AvgIpc) is 3.03. The number of benzene rings is 2. The van der Waals surface area contributed by atoms with Crippen molar-refractivity contribution in [2.45, 2.75) is 6.54 Å². The molecule has 0 bridgehead atoms. The van der Waals surface area contributed by atoms with Gasteiger partial charge in [0.25, 0.3) is 5.56 Å². The van der Waals surface area contributed by atoms with Crippen molar-refractivity contribution in [3.63, 3.8) is 0 Å². The number of para-hydroxylation sites is 2. The molecule has 0 spiro atoms. The summed E-state index contributed by atoms with van der Waals surface area (Å²) in [6.45, 7) is 0.438. The molecule has 0 aliphatic carbocycles. The molecule has 0 radical (unpaired) electrons. The number of anilines is 1. The molecule has 4 aromatic rings. The van der Waals surface area contributed by atoms with E-state index in [1.165, 1.54) is 4.57 Å². The number of aromatic nitrogens is 4. The zero-order valence-electron chi connectivity index (χ0n) is 12.9. The summed E-state index contributed by atoms with van der Waals surface area (Å²) >= 11 is 6.17.